The first-order valence-corrected chi connectivity index (χ1v) is 14.5. The predicted octanol–water partition coefficient (Wildman–Crippen LogP) is 7.56. The van der Waals surface area contributed by atoms with Crippen molar-refractivity contribution >= 4 is 40.3 Å². The zero-order valence-corrected chi connectivity index (χ0v) is 24.2. The van der Waals surface area contributed by atoms with Crippen molar-refractivity contribution in [3.8, 4) is 5.69 Å². The molecule has 39 heavy (non-hydrogen) atoms. The lowest BCUT2D eigenvalue weighted by Gasteiger charge is -2.33. The Bertz CT molecular complexity index is 1480. The highest BCUT2D eigenvalue weighted by molar-refractivity contribution is 7.80. The van der Waals surface area contributed by atoms with Gasteiger partial charge in [0.2, 0.25) is 0 Å². The summed E-state index contributed by atoms with van der Waals surface area (Å²) in [5.74, 6) is 0.770. The fourth-order valence-corrected chi connectivity index (χ4v) is 6.80. The molecule has 7 heteroatoms. The van der Waals surface area contributed by atoms with Gasteiger partial charge in [-0.2, -0.15) is 0 Å². The molecule has 6 rings (SSSR count). The topological polar surface area (TPSA) is 36.3 Å². The van der Waals surface area contributed by atoms with E-state index in [4.69, 9.17) is 28.8 Å². The number of hydrogen-bond donors (Lipinski definition) is 1. The average Bonchev–Trinajstić information content (AvgIpc) is 3.45. The number of pyridine rings is 1. The fourth-order valence-electron chi connectivity index (χ4n) is 6.16. The number of rotatable bonds is 5. The number of aryl methyl sites for hydroxylation is 1. The molecule has 2 unspecified atom stereocenters. The number of benzene rings is 2. The van der Waals surface area contributed by atoms with Gasteiger partial charge in [-0.3, -0.25) is 4.98 Å². The third-order valence-electron chi connectivity index (χ3n) is 8.24. The van der Waals surface area contributed by atoms with Crippen LogP contribution in [0.4, 0.5) is 11.4 Å². The maximum Gasteiger partial charge on any atom is 0.174 e. The van der Waals surface area contributed by atoms with Gasteiger partial charge >= 0.3 is 0 Å². The van der Waals surface area contributed by atoms with Crippen molar-refractivity contribution in [2.75, 3.05) is 22.9 Å². The summed E-state index contributed by atoms with van der Waals surface area (Å²) in [5, 5.41) is 5.04. The lowest BCUT2D eigenvalue weighted by atomic mass is 9.96. The Labute approximate surface area is 241 Å². The van der Waals surface area contributed by atoms with Gasteiger partial charge in [0.25, 0.3) is 0 Å². The minimum atomic E-state index is -0.106. The van der Waals surface area contributed by atoms with E-state index in [1.807, 2.05) is 18.3 Å². The second-order valence-electron chi connectivity index (χ2n) is 10.8. The molecular weight excluding hydrogens is 522 g/mol. The van der Waals surface area contributed by atoms with E-state index < -0.39 is 0 Å². The van der Waals surface area contributed by atoms with E-state index in [2.05, 4.69) is 101 Å². The number of nitrogens with one attached hydrogen (secondary N) is 1. The Balaban J connectivity index is 1.43. The molecule has 2 atom stereocenters. The predicted molar refractivity (Wildman–Crippen MR) is 165 cm³/mol. The highest BCUT2D eigenvalue weighted by Gasteiger charge is 2.42. The lowest BCUT2D eigenvalue weighted by molar-refractivity contribution is 0.438. The second-order valence-corrected chi connectivity index (χ2v) is 11.6. The van der Waals surface area contributed by atoms with Crippen molar-refractivity contribution in [2.45, 2.75) is 45.7 Å². The van der Waals surface area contributed by atoms with E-state index in [-0.39, 0.29) is 12.1 Å². The summed E-state index contributed by atoms with van der Waals surface area (Å²) in [7, 11) is 0. The first-order chi connectivity index (χ1) is 18.9. The number of para-hydroxylation sites is 1. The SMILES string of the molecule is Cc1cc(C2C(c3ccccn3)NC(=S)N2c2ccc(N3CCC(C)CC3)c(Cl)c2)c(C)n1-c1ccccc1. The average molecular weight is 556 g/mol. The molecule has 4 heterocycles. The number of anilines is 2. The summed E-state index contributed by atoms with van der Waals surface area (Å²) in [6.45, 7) is 8.77. The molecule has 2 fully saturated rings. The van der Waals surface area contributed by atoms with Gasteiger partial charge in [-0.1, -0.05) is 42.8 Å². The molecule has 1 N–H and O–H groups in total. The maximum atomic E-state index is 6.96. The summed E-state index contributed by atoms with van der Waals surface area (Å²) >= 11 is 13.0. The summed E-state index contributed by atoms with van der Waals surface area (Å²) < 4.78 is 2.32. The van der Waals surface area contributed by atoms with Crippen LogP contribution in [-0.2, 0) is 0 Å². The normalized spacial score (nSPS) is 19.9. The van der Waals surface area contributed by atoms with Gasteiger partial charge in [0.05, 0.1) is 28.5 Å². The molecule has 0 bridgehead atoms. The highest BCUT2D eigenvalue weighted by atomic mass is 35.5. The smallest absolute Gasteiger partial charge is 0.174 e. The Hall–Kier alpha value is -3.35. The van der Waals surface area contributed by atoms with Crippen LogP contribution in [0.2, 0.25) is 5.02 Å². The van der Waals surface area contributed by atoms with Crippen molar-refractivity contribution < 1.29 is 0 Å². The van der Waals surface area contributed by atoms with Gasteiger partial charge in [-0.05, 0) is 98.9 Å². The third-order valence-corrected chi connectivity index (χ3v) is 8.85. The molecule has 4 aromatic rings. The van der Waals surface area contributed by atoms with Crippen LogP contribution in [0, 0.1) is 19.8 Å². The quantitative estimate of drug-likeness (QED) is 0.257. The van der Waals surface area contributed by atoms with E-state index in [1.54, 1.807) is 0 Å². The second kappa shape index (κ2) is 10.7. The van der Waals surface area contributed by atoms with E-state index in [0.29, 0.717) is 5.11 Å². The monoisotopic (exact) mass is 555 g/mol. The summed E-state index contributed by atoms with van der Waals surface area (Å²) in [4.78, 5) is 9.36. The molecule has 5 nitrogen and oxygen atoms in total. The lowest BCUT2D eigenvalue weighted by Crippen LogP contribution is -2.33. The van der Waals surface area contributed by atoms with Crippen LogP contribution in [0.5, 0.6) is 0 Å². The molecular formula is C32H34ClN5S. The van der Waals surface area contributed by atoms with Crippen LogP contribution in [0.1, 0.15) is 54.5 Å². The van der Waals surface area contributed by atoms with Gasteiger partial charge in [-0.25, -0.2) is 0 Å². The molecule has 2 aromatic heterocycles. The Morgan fingerprint density at radius 3 is 2.36 bits per heavy atom. The minimum Gasteiger partial charge on any atom is -0.370 e. The van der Waals surface area contributed by atoms with Crippen LogP contribution < -0.4 is 15.1 Å². The number of halogens is 1. The first-order valence-electron chi connectivity index (χ1n) is 13.7. The molecule has 0 amide bonds. The van der Waals surface area contributed by atoms with Crippen molar-refractivity contribution in [2.24, 2.45) is 5.92 Å². The molecule has 0 aliphatic carbocycles. The summed E-state index contributed by atoms with van der Waals surface area (Å²) in [6, 6.07) is 25.1. The van der Waals surface area contributed by atoms with Crippen molar-refractivity contribution in [1.82, 2.24) is 14.9 Å². The van der Waals surface area contributed by atoms with Crippen LogP contribution in [-0.4, -0.2) is 27.8 Å². The van der Waals surface area contributed by atoms with Gasteiger partial charge in [0.1, 0.15) is 0 Å². The van der Waals surface area contributed by atoms with Gasteiger partial charge in [0.15, 0.2) is 5.11 Å². The van der Waals surface area contributed by atoms with Crippen LogP contribution >= 0.6 is 23.8 Å². The summed E-state index contributed by atoms with van der Waals surface area (Å²) in [6.07, 6.45) is 4.24. The standard InChI is InChI=1S/C32H34ClN5S/c1-21-14-17-36(18-15-21)29-13-12-25(20-27(29)33)38-31(30(35-32(38)39)28-11-7-8-16-34-28)26-19-22(2)37(23(26)3)24-9-5-4-6-10-24/h4-13,16,19-21,30-31H,14-15,17-18H2,1-3H3,(H,35,39). The highest BCUT2D eigenvalue weighted by Crippen LogP contribution is 2.45. The zero-order chi connectivity index (χ0) is 27.1. The molecule has 2 aromatic carbocycles. The molecule has 0 radical (unpaired) electrons. The third kappa shape index (κ3) is 4.81. The molecule has 0 saturated carbocycles. The van der Waals surface area contributed by atoms with Crippen molar-refractivity contribution in [1.29, 1.82) is 0 Å². The maximum absolute atomic E-state index is 6.96. The summed E-state index contributed by atoms with van der Waals surface area (Å²) in [5.41, 5.74) is 7.78. The van der Waals surface area contributed by atoms with Crippen LogP contribution in [0.3, 0.4) is 0 Å². The van der Waals surface area contributed by atoms with E-state index >= 15 is 0 Å². The van der Waals surface area contributed by atoms with E-state index in [0.717, 1.165) is 46.8 Å². The van der Waals surface area contributed by atoms with E-state index in [9.17, 15) is 0 Å². The number of hydrogen-bond acceptors (Lipinski definition) is 3. The molecule has 2 aliphatic rings. The molecule has 2 saturated heterocycles. The van der Waals surface area contributed by atoms with E-state index in [1.165, 1.54) is 29.8 Å². The number of piperidine rings is 1. The Morgan fingerprint density at radius 2 is 1.67 bits per heavy atom. The largest absolute Gasteiger partial charge is 0.370 e. The van der Waals surface area contributed by atoms with Crippen LogP contribution in [0.25, 0.3) is 5.69 Å². The van der Waals surface area contributed by atoms with Gasteiger partial charge in [0, 0.05) is 42.0 Å². The first kappa shape index (κ1) is 25.9. The number of thiocarbonyl (C=S) groups is 1. The van der Waals surface area contributed by atoms with Crippen LogP contribution in [0.15, 0.2) is 79.0 Å². The molecule has 200 valence electrons. The van der Waals surface area contributed by atoms with Crippen molar-refractivity contribution in [3.63, 3.8) is 0 Å². The van der Waals surface area contributed by atoms with Crippen molar-refractivity contribution in [3.05, 3.63) is 107 Å². The Kier molecular flexibility index (Phi) is 7.08. The Morgan fingerprint density at radius 1 is 0.923 bits per heavy atom. The fraction of sp³-hybridized carbons (Fsp3) is 0.312. The number of nitrogens with zero attached hydrogens (tertiary/aromatic N) is 4. The molecule has 0 spiro atoms. The van der Waals surface area contributed by atoms with Gasteiger partial charge < -0.3 is 19.7 Å². The van der Waals surface area contributed by atoms with Gasteiger partial charge in [-0.15, -0.1) is 0 Å². The minimum absolute atomic E-state index is 0.0891. The molecule has 2 aliphatic heterocycles. The zero-order valence-electron chi connectivity index (χ0n) is 22.6. The number of aromatic nitrogens is 2.